The van der Waals surface area contributed by atoms with Gasteiger partial charge in [0.15, 0.2) is 0 Å². The third kappa shape index (κ3) is 4.01. The number of piperidine rings is 1. The van der Waals surface area contributed by atoms with Crippen LogP contribution in [0.25, 0.3) is 0 Å². The molecule has 3 aliphatic heterocycles. The van der Waals surface area contributed by atoms with Crippen molar-refractivity contribution >= 4 is 17.6 Å². The molecule has 31 heavy (non-hydrogen) atoms. The molecule has 0 aromatic heterocycles. The summed E-state index contributed by atoms with van der Waals surface area (Å²) in [6.45, 7) is 5.52. The van der Waals surface area contributed by atoms with Crippen LogP contribution in [0, 0.1) is 5.41 Å². The molecule has 0 radical (unpaired) electrons. The van der Waals surface area contributed by atoms with E-state index in [1.807, 2.05) is 15.9 Å². The lowest BCUT2D eigenvalue weighted by Crippen LogP contribution is -2.57. The second-order valence-electron chi connectivity index (χ2n) is 9.94. The molecule has 1 aromatic rings. The van der Waals surface area contributed by atoms with Crippen molar-refractivity contribution in [3.63, 3.8) is 0 Å². The quantitative estimate of drug-likeness (QED) is 0.729. The Balaban J connectivity index is 1.20. The number of piperazine rings is 1. The molecule has 0 bridgehead atoms. The van der Waals surface area contributed by atoms with E-state index in [0.717, 1.165) is 71.4 Å². The van der Waals surface area contributed by atoms with Crippen LogP contribution in [0.3, 0.4) is 0 Å². The maximum atomic E-state index is 13.5. The second kappa shape index (κ2) is 8.71. The molecular formula is C25H36N4O2. The Labute approximate surface area is 186 Å². The number of hydrogen-bond donors (Lipinski definition) is 0. The van der Waals surface area contributed by atoms with Crippen molar-refractivity contribution in [2.45, 2.75) is 57.4 Å². The summed E-state index contributed by atoms with van der Waals surface area (Å²) in [6.07, 6.45) is 8.95. The Hall–Kier alpha value is -2.24. The Kier molecular flexibility index (Phi) is 5.81. The van der Waals surface area contributed by atoms with Crippen LogP contribution in [0.1, 0.15) is 51.4 Å². The zero-order valence-corrected chi connectivity index (χ0v) is 18.7. The predicted molar refractivity (Wildman–Crippen MR) is 122 cm³/mol. The smallest absolute Gasteiger partial charge is 0.320 e. The highest BCUT2D eigenvalue weighted by atomic mass is 16.2. The van der Waals surface area contributed by atoms with Crippen molar-refractivity contribution in [1.82, 2.24) is 14.7 Å². The lowest BCUT2D eigenvalue weighted by atomic mass is 9.78. The van der Waals surface area contributed by atoms with Gasteiger partial charge in [0.05, 0.1) is 5.41 Å². The molecule has 4 fully saturated rings. The number of likely N-dealkylation sites (tertiary alicyclic amines) is 2. The zero-order chi connectivity index (χ0) is 21.3. The van der Waals surface area contributed by atoms with E-state index in [9.17, 15) is 9.59 Å². The van der Waals surface area contributed by atoms with Gasteiger partial charge in [0.1, 0.15) is 0 Å². The number of carbonyl (C=O) groups excluding carboxylic acids is 2. The van der Waals surface area contributed by atoms with Gasteiger partial charge in [0.25, 0.3) is 0 Å². The fraction of sp³-hybridized carbons (Fsp3) is 0.680. The number of carbonyl (C=O) groups is 2. The Bertz CT molecular complexity index is 786. The molecule has 3 amide bonds. The topological polar surface area (TPSA) is 47.1 Å². The van der Waals surface area contributed by atoms with Gasteiger partial charge in [-0.05, 0) is 44.2 Å². The Morgan fingerprint density at radius 3 is 2.29 bits per heavy atom. The number of amides is 3. The summed E-state index contributed by atoms with van der Waals surface area (Å²) >= 11 is 0. The molecule has 5 rings (SSSR count). The van der Waals surface area contributed by atoms with Crippen LogP contribution < -0.4 is 4.90 Å². The van der Waals surface area contributed by atoms with E-state index < -0.39 is 0 Å². The first-order chi connectivity index (χ1) is 15.2. The summed E-state index contributed by atoms with van der Waals surface area (Å²) in [7, 11) is 0. The number of nitrogens with zero attached hydrogens (tertiary/aromatic N) is 4. The van der Waals surface area contributed by atoms with Crippen molar-refractivity contribution in [3.8, 4) is 0 Å². The van der Waals surface area contributed by atoms with Crippen LogP contribution in [0.15, 0.2) is 30.3 Å². The highest BCUT2D eigenvalue weighted by Gasteiger charge is 2.51. The van der Waals surface area contributed by atoms with E-state index in [4.69, 9.17) is 0 Å². The predicted octanol–water partition coefficient (Wildman–Crippen LogP) is 3.58. The fourth-order valence-electron chi connectivity index (χ4n) is 6.26. The van der Waals surface area contributed by atoms with Crippen LogP contribution in [0.2, 0.25) is 0 Å². The standard InChI is InChI=1S/C25H36N4O2/c30-23-25(13-15-29(23)22-10-5-2-6-11-22)12-7-14-28(20-25)24(31)27-18-16-26(17-19-27)21-8-3-1-4-9-21/h1,3-4,8-9,22H,2,5-7,10-20H2. The molecule has 4 aliphatic rings. The third-order valence-corrected chi connectivity index (χ3v) is 8.08. The largest absolute Gasteiger partial charge is 0.368 e. The van der Waals surface area contributed by atoms with Crippen molar-refractivity contribution < 1.29 is 9.59 Å². The molecular weight excluding hydrogens is 388 g/mol. The molecule has 1 atom stereocenters. The number of rotatable bonds is 2. The van der Waals surface area contributed by atoms with Crippen molar-refractivity contribution in [2.75, 3.05) is 50.7 Å². The summed E-state index contributed by atoms with van der Waals surface area (Å²) in [5.41, 5.74) is 0.905. The summed E-state index contributed by atoms with van der Waals surface area (Å²) in [6, 6.07) is 11.0. The van der Waals surface area contributed by atoms with Crippen molar-refractivity contribution in [1.29, 1.82) is 0 Å². The lowest BCUT2D eigenvalue weighted by molar-refractivity contribution is -0.140. The minimum absolute atomic E-state index is 0.135. The third-order valence-electron chi connectivity index (χ3n) is 8.08. The van der Waals surface area contributed by atoms with Crippen LogP contribution in [0.5, 0.6) is 0 Å². The van der Waals surface area contributed by atoms with Gasteiger partial charge in [-0.25, -0.2) is 4.79 Å². The van der Waals surface area contributed by atoms with Crippen molar-refractivity contribution in [3.05, 3.63) is 30.3 Å². The van der Waals surface area contributed by atoms with Crippen LogP contribution in [-0.2, 0) is 4.79 Å². The average Bonchev–Trinajstić information content (AvgIpc) is 3.15. The Morgan fingerprint density at radius 2 is 1.55 bits per heavy atom. The monoisotopic (exact) mass is 424 g/mol. The molecule has 1 unspecified atom stereocenters. The summed E-state index contributed by atoms with van der Waals surface area (Å²) in [4.78, 5) is 35.4. The van der Waals surface area contributed by atoms with Crippen molar-refractivity contribution in [2.24, 2.45) is 5.41 Å². The molecule has 3 saturated heterocycles. The van der Waals surface area contributed by atoms with Gasteiger partial charge in [0, 0.05) is 57.5 Å². The van der Waals surface area contributed by atoms with Gasteiger partial charge in [-0.2, -0.15) is 0 Å². The van der Waals surface area contributed by atoms with Crippen LogP contribution in [0.4, 0.5) is 10.5 Å². The average molecular weight is 425 g/mol. The first kappa shape index (κ1) is 20.7. The molecule has 1 saturated carbocycles. The van der Waals surface area contributed by atoms with E-state index in [1.165, 1.54) is 24.9 Å². The van der Waals surface area contributed by atoms with E-state index >= 15 is 0 Å². The minimum Gasteiger partial charge on any atom is -0.368 e. The summed E-state index contributed by atoms with van der Waals surface area (Å²) in [5.74, 6) is 0.339. The molecule has 1 aliphatic carbocycles. The van der Waals surface area contributed by atoms with E-state index in [0.29, 0.717) is 18.5 Å². The molecule has 1 aromatic carbocycles. The van der Waals surface area contributed by atoms with Gasteiger partial charge in [-0.3, -0.25) is 4.79 Å². The van der Waals surface area contributed by atoms with Gasteiger partial charge < -0.3 is 19.6 Å². The maximum absolute atomic E-state index is 13.5. The van der Waals surface area contributed by atoms with Gasteiger partial charge in [-0.1, -0.05) is 37.5 Å². The number of anilines is 1. The van der Waals surface area contributed by atoms with Crippen LogP contribution >= 0.6 is 0 Å². The molecule has 0 N–H and O–H groups in total. The number of benzene rings is 1. The van der Waals surface area contributed by atoms with E-state index in [-0.39, 0.29) is 11.4 Å². The Morgan fingerprint density at radius 1 is 0.806 bits per heavy atom. The van der Waals surface area contributed by atoms with Gasteiger partial charge in [0.2, 0.25) is 5.91 Å². The zero-order valence-electron chi connectivity index (χ0n) is 18.7. The number of urea groups is 1. The normalized spacial score (nSPS) is 27.9. The molecule has 6 nitrogen and oxygen atoms in total. The SMILES string of the molecule is O=C(N1CCN(c2ccccc2)CC1)N1CCCC2(CCN(C3CCCCC3)C2=O)C1. The highest BCUT2D eigenvalue weighted by molar-refractivity contribution is 5.86. The van der Waals surface area contributed by atoms with Gasteiger partial charge >= 0.3 is 6.03 Å². The first-order valence-corrected chi connectivity index (χ1v) is 12.3. The summed E-state index contributed by atoms with van der Waals surface area (Å²) in [5, 5.41) is 0. The molecule has 168 valence electrons. The number of hydrogen-bond acceptors (Lipinski definition) is 3. The fourth-order valence-corrected chi connectivity index (χ4v) is 6.26. The summed E-state index contributed by atoms with van der Waals surface area (Å²) < 4.78 is 0. The number of para-hydroxylation sites is 1. The molecule has 6 heteroatoms. The van der Waals surface area contributed by atoms with Gasteiger partial charge in [-0.15, -0.1) is 0 Å². The van der Waals surface area contributed by atoms with Crippen LogP contribution in [-0.4, -0.2) is 78.5 Å². The lowest BCUT2D eigenvalue weighted by Gasteiger charge is -2.43. The van der Waals surface area contributed by atoms with E-state index in [1.54, 1.807) is 0 Å². The maximum Gasteiger partial charge on any atom is 0.320 e. The van der Waals surface area contributed by atoms with E-state index in [2.05, 4.69) is 34.1 Å². The molecule has 1 spiro atoms. The minimum atomic E-state index is -0.322. The highest BCUT2D eigenvalue weighted by Crippen LogP contribution is 2.42. The molecule has 3 heterocycles. The second-order valence-corrected chi connectivity index (χ2v) is 9.94. The first-order valence-electron chi connectivity index (χ1n) is 12.3.